The average molecular weight is 327 g/mol. The van der Waals surface area contributed by atoms with Gasteiger partial charge in [0.15, 0.2) is 5.78 Å². The Bertz CT molecular complexity index is 523. The molecule has 0 bridgehead atoms. The number of benzene rings is 2. The third kappa shape index (κ3) is 7.53. The zero-order chi connectivity index (χ0) is 17.8. The fourth-order valence-corrected chi connectivity index (χ4v) is 2.18. The highest BCUT2D eigenvalue weighted by atomic mass is 16.3. The predicted octanol–water partition coefficient (Wildman–Crippen LogP) is 4.66. The lowest BCUT2D eigenvalue weighted by molar-refractivity contribution is -0.0217. The minimum Gasteiger partial charge on any atom is -0.391 e. The van der Waals surface area contributed by atoms with Gasteiger partial charge in [-0.3, -0.25) is 4.79 Å². The lowest BCUT2D eigenvalue weighted by Crippen LogP contribution is -2.20. The fourth-order valence-electron chi connectivity index (χ4n) is 2.18. The highest BCUT2D eigenvalue weighted by molar-refractivity contribution is 6.08. The number of carbonyl (C=O) groups excluding carboxylic acids is 1. The topological polar surface area (TPSA) is 57.2 Å². The van der Waals surface area contributed by atoms with Crippen LogP contribution in [-0.2, 0) is 5.11 Å². The summed E-state index contributed by atoms with van der Waals surface area (Å²) in [6.45, 7) is 3.66. The number of aliphatic hydroxyl groups is 1. The standard InChI is InChI=1S/C13H10O.C8H17O2/c14-13(11-7-3-1-4-8-11)12-9-5-2-6-10-12;1-3-4-5-6-8(10)7(2)9/h1-10H;7-9H,3-6H2,1-2H3. The maximum atomic E-state index is 11.8. The van der Waals surface area contributed by atoms with Crippen LogP contribution in [0.3, 0.4) is 0 Å². The summed E-state index contributed by atoms with van der Waals surface area (Å²) in [6, 6.07) is 18.6. The number of aliphatic hydroxyl groups excluding tert-OH is 1. The van der Waals surface area contributed by atoms with E-state index in [0.29, 0.717) is 6.42 Å². The summed E-state index contributed by atoms with van der Waals surface area (Å²) in [5.41, 5.74) is 1.47. The number of hydrogen-bond acceptors (Lipinski definition) is 2. The SMILES string of the molecule is CCCCCC([O])C(C)O.O=C(c1ccccc1)c1ccccc1. The molecule has 2 aromatic carbocycles. The van der Waals surface area contributed by atoms with Crippen LogP contribution in [0.5, 0.6) is 0 Å². The van der Waals surface area contributed by atoms with Gasteiger partial charge in [-0.2, -0.15) is 0 Å². The van der Waals surface area contributed by atoms with Gasteiger partial charge in [-0.25, -0.2) is 5.11 Å². The smallest absolute Gasteiger partial charge is 0.193 e. The van der Waals surface area contributed by atoms with Crippen molar-refractivity contribution in [2.75, 3.05) is 0 Å². The first-order valence-electron chi connectivity index (χ1n) is 8.55. The van der Waals surface area contributed by atoms with Crippen molar-refractivity contribution in [3.8, 4) is 0 Å². The number of carbonyl (C=O) groups is 1. The van der Waals surface area contributed by atoms with Crippen LogP contribution in [0.1, 0.15) is 55.5 Å². The molecule has 0 saturated carbocycles. The second kappa shape index (κ2) is 11.5. The Kier molecular flexibility index (Phi) is 9.66. The van der Waals surface area contributed by atoms with Crippen LogP contribution in [0, 0.1) is 0 Å². The summed E-state index contributed by atoms with van der Waals surface area (Å²) >= 11 is 0. The van der Waals surface area contributed by atoms with E-state index in [1.54, 1.807) is 6.92 Å². The van der Waals surface area contributed by atoms with E-state index in [0.717, 1.165) is 30.4 Å². The highest BCUT2D eigenvalue weighted by Gasteiger charge is 2.11. The van der Waals surface area contributed by atoms with E-state index in [1.807, 2.05) is 60.7 Å². The molecule has 0 spiro atoms. The van der Waals surface area contributed by atoms with Crippen LogP contribution in [0.25, 0.3) is 0 Å². The summed E-state index contributed by atoms with van der Waals surface area (Å²) in [4.78, 5) is 11.8. The van der Waals surface area contributed by atoms with Crippen molar-refractivity contribution < 1.29 is 15.0 Å². The van der Waals surface area contributed by atoms with E-state index in [2.05, 4.69) is 6.92 Å². The lowest BCUT2D eigenvalue weighted by atomic mass is 10.0. The molecular weight excluding hydrogens is 300 g/mol. The molecule has 0 aliphatic heterocycles. The molecule has 2 atom stereocenters. The summed E-state index contributed by atoms with van der Waals surface area (Å²) < 4.78 is 0. The van der Waals surface area contributed by atoms with Crippen LogP contribution in [0.15, 0.2) is 60.7 Å². The summed E-state index contributed by atoms with van der Waals surface area (Å²) in [5.74, 6) is 0.0752. The van der Waals surface area contributed by atoms with Crippen molar-refractivity contribution in [2.45, 2.75) is 51.7 Å². The Morgan fingerprint density at radius 3 is 1.75 bits per heavy atom. The van der Waals surface area contributed by atoms with Gasteiger partial charge >= 0.3 is 0 Å². The fraction of sp³-hybridized carbons (Fsp3) is 0.381. The number of hydrogen-bond donors (Lipinski definition) is 1. The van der Waals surface area contributed by atoms with Crippen LogP contribution < -0.4 is 0 Å². The Hall–Kier alpha value is -1.97. The van der Waals surface area contributed by atoms with Gasteiger partial charge in [-0.15, -0.1) is 0 Å². The summed E-state index contributed by atoms with van der Waals surface area (Å²) in [5, 5.41) is 19.7. The van der Waals surface area contributed by atoms with E-state index in [-0.39, 0.29) is 5.78 Å². The molecule has 1 radical (unpaired) electrons. The molecule has 0 aromatic heterocycles. The van der Waals surface area contributed by atoms with Gasteiger partial charge in [-0.1, -0.05) is 86.8 Å². The molecule has 1 N–H and O–H groups in total. The van der Waals surface area contributed by atoms with Crippen LogP contribution >= 0.6 is 0 Å². The van der Waals surface area contributed by atoms with Gasteiger partial charge in [0, 0.05) is 11.1 Å². The minimum atomic E-state index is -0.772. The van der Waals surface area contributed by atoms with Gasteiger partial charge in [0.1, 0.15) is 6.10 Å². The summed E-state index contributed by atoms with van der Waals surface area (Å²) in [7, 11) is 0. The molecule has 0 saturated heterocycles. The van der Waals surface area contributed by atoms with Gasteiger partial charge in [-0.05, 0) is 13.3 Å². The molecule has 3 heteroatoms. The van der Waals surface area contributed by atoms with Crippen LogP contribution in [0.2, 0.25) is 0 Å². The first-order valence-corrected chi connectivity index (χ1v) is 8.55. The number of ketones is 1. The molecule has 24 heavy (non-hydrogen) atoms. The second-order valence-corrected chi connectivity index (χ2v) is 5.84. The lowest BCUT2D eigenvalue weighted by Gasteiger charge is -2.09. The van der Waals surface area contributed by atoms with E-state index < -0.39 is 12.2 Å². The second-order valence-electron chi connectivity index (χ2n) is 5.84. The first-order chi connectivity index (χ1) is 11.6. The average Bonchev–Trinajstić information content (AvgIpc) is 2.63. The van der Waals surface area contributed by atoms with Gasteiger partial charge in [0.2, 0.25) is 0 Å². The zero-order valence-electron chi connectivity index (χ0n) is 14.5. The van der Waals surface area contributed by atoms with Crippen molar-refractivity contribution in [2.24, 2.45) is 0 Å². The quantitative estimate of drug-likeness (QED) is 0.594. The van der Waals surface area contributed by atoms with Crippen molar-refractivity contribution in [3.05, 3.63) is 71.8 Å². The van der Waals surface area contributed by atoms with Crippen molar-refractivity contribution >= 4 is 5.78 Å². The largest absolute Gasteiger partial charge is 0.391 e. The van der Waals surface area contributed by atoms with Crippen molar-refractivity contribution in [3.63, 3.8) is 0 Å². The summed E-state index contributed by atoms with van der Waals surface area (Å²) in [6.07, 6.45) is 2.35. The Morgan fingerprint density at radius 2 is 1.38 bits per heavy atom. The molecule has 3 nitrogen and oxygen atoms in total. The molecule has 0 fully saturated rings. The molecule has 2 rings (SSSR count). The van der Waals surface area contributed by atoms with E-state index in [4.69, 9.17) is 5.11 Å². The Balaban J connectivity index is 0.000000257. The van der Waals surface area contributed by atoms with E-state index in [1.165, 1.54) is 0 Å². The highest BCUT2D eigenvalue weighted by Crippen LogP contribution is 2.08. The molecule has 0 heterocycles. The maximum Gasteiger partial charge on any atom is 0.193 e. The molecule has 129 valence electrons. The molecule has 2 unspecified atom stereocenters. The zero-order valence-corrected chi connectivity index (χ0v) is 14.5. The molecule has 0 aliphatic rings. The van der Waals surface area contributed by atoms with Gasteiger partial charge < -0.3 is 5.11 Å². The molecule has 2 aromatic rings. The Morgan fingerprint density at radius 1 is 0.917 bits per heavy atom. The minimum absolute atomic E-state index is 0.0752. The van der Waals surface area contributed by atoms with Gasteiger partial charge in [0.25, 0.3) is 0 Å². The molecular formula is C21H27O3. The third-order valence-corrected chi connectivity index (χ3v) is 3.70. The van der Waals surface area contributed by atoms with Crippen LogP contribution in [0.4, 0.5) is 0 Å². The molecule has 0 amide bonds. The Labute approximate surface area is 145 Å². The number of unbranched alkanes of at least 4 members (excludes halogenated alkanes) is 2. The third-order valence-electron chi connectivity index (χ3n) is 3.70. The number of rotatable bonds is 7. The maximum absolute atomic E-state index is 11.8. The first kappa shape index (κ1) is 20.1. The normalized spacial score (nSPS) is 12.7. The van der Waals surface area contributed by atoms with Crippen LogP contribution in [-0.4, -0.2) is 23.1 Å². The predicted molar refractivity (Wildman–Crippen MR) is 96.6 cm³/mol. The van der Waals surface area contributed by atoms with E-state index >= 15 is 0 Å². The van der Waals surface area contributed by atoms with E-state index in [9.17, 15) is 9.90 Å². The van der Waals surface area contributed by atoms with Crippen molar-refractivity contribution in [1.29, 1.82) is 0 Å². The van der Waals surface area contributed by atoms with Gasteiger partial charge in [0.05, 0.1) is 6.10 Å². The molecule has 0 aliphatic carbocycles. The van der Waals surface area contributed by atoms with Crippen molar-refractivity contribution in [1.82, 2.24) is 0 Å². The monoisotopic (exact) mass is 327 g/mol.